The van der Waals surface area contributed by atoms with E-state index in [4.69, 9.17) is 16.3 Å². The number of rotatable bonds is 1. The zero-order chi connectivity index (χ0) is 18.4. The summed E-state index contributed by atoms with van der Waals surface area (Å²) in [6.07, 6.45) is 5.78. The Labute approximate surface area is 158 Å². The van der Waals surface area contributed by atoms with E-state index in [2.05, 4.69) is 37.3 Å². The van der Waals surface area contributed by atoms with Gasteiger partial charge in [-0.25, -0.2) is 9.67 Å². The van der Waals surface area contributed by atoms with E-state index < -0.39 is 0 Å². The molecule has 0 atom stereocenters. The van der Waals surface area contributed by atoms with Crippen LogP contribution in [0.1, 0.15) is 22.6 Å². The summed E-state index contributed by atoms with van der Waals surface area (Å²) in [6, 6.07) is 5.65. The number of benzene rings is 1. The van der Waals surface area contributed by atoms with Crippen molar-refractivity contribution < 1.29 is 4.74 Å². The number of fused-ring (bicyclic) bond motifs is 5. The quantitative estimate of drug-likeness (QED) is 0.452. The molecular weight excluding hydrogens is 366 g/mol. The summed E-state index contributed by atoms with van der Waals surface area (Å²) in [5.74, 6) is 6.64. The van der Waals surface area contributed by atoms with E-state index in [0.29, 0.717) is 28.6 Å². The molecule has 1 aliphatic rings. The van der Waals surface area contributed by atoms with Crippen molar-refractivity contribution in [1.82, 2.24) is 34.7 Å². The normalized spacial score (nSPS) is 11.6. The topological polar surface area (TPSA) is 86.4 Å². The van der Waals surface area contributed by atoms with E-state index in [1.165, 1.54) is 0 Å². The fourth-order valence-corrected chi connectivity index (χ4v) is 3.29. The van der Waals surface area contributed by atoms with Crippen LogP contribution < -0.4 is 4.74 Å². The molecule has 0 unspecified atom stereocenters. The number of nitrogens with zero attached hydrogens (tertiary/aromatic N) is 6. The predicted molar refractivity (Wildman–Crippen MR) is 97.4 cm³/mol. The Hall–Kier alpha value is -3.57. The molecule has 4 aromatic rings. The number of aromatic amines is 1. The van der Waals surface area contributed by atoms with Crippen LogP contribution in [-0.4, -0.2) is 41.9 Å². The minimum absolute atomic E-state index is 0.454. The molecule has 132 valence electrons. The van der Waals surface area contributed by atoms with Crippen LogP contribution in [0.15, 0.2) is 36.9 Å². The maximum absolute atomic E-state index is 6.20. The smallest absolute Gasteiger partial charge is 0.248 e. The molecule has 0 saturated heterocycles. The first-order valence-electron chi connectivity index (χ1n) is 8.10. The van der Waals surface area contributed by atoms with Gasteiger partial charge in [0.2, 0.25) is 5.88 Å². The van der Waals surface area contributed by atoms with Crippen molar-refractivity contribution in [3.63, 3.8) is 0 Å². The number of nitrogens with one attached hydrogen (secondary N) is 1. The number of halogens is 1. The lowest BCUT2D eigenvalue weighted by Gasteiger charge is -2.09. The van der Waals surface area contributed by atoms with Crippen LogP contribution in [0.25, 0.3) is 11.4 Å². The van der Waals surface area contributed by atoms with Gasteiger partial charge in [-0.2, -0.15) is 0 Å². The highest BCUT2D eigenvalue weighted by molar-refractivity contribution is 6.30. The Morgan fingerprint density at radius 1 is 1.26 bits per heavy atom. The van der Waals surface area contributed by atoms with Gasteiger partial charge in [-0.05, 0) is 24.1 Å². The molecule has 0 bridgehead atoms. The number of methoxy groups -OCH3 is 1. The molecule has 0 saturated carbocycles. The van der Waals surface area contributed by atoms with Crippen LogP contribution in [-0.2, 0) is 6.42 Å². The van der Waals surface area contributed by atoms with Crippen LogP contribution in [0.2, 0.25) is 5.02 Å². The first-order valence-corrected chi connectivity index (χ1v) is 8.48. The predicted octanol–water partition coefficient (Wildman–Crippen LogP) is 2.14. The highest BCUT2D eigenvalue weighted by Crippen LogP contribution is 2.30. The van der Waals surface area contributed by atoms with E-state index in [0.717, 1.165) is 22.8 Å². The molecule has 3 aromatic heterocycles. The van der Waals surface area contributed by atoms with Crippen molar-refractivity contribution in [2.24, 2.45) is 0 Å². The summed E-state index contributed by atoms with van der Waals surface area (Å²) in [5.41, 5.74) is 5.00. The number of H-pyrrole nitrogens is 1. The van der Waals surface area contributed by atoms with Gasteiger partial charge >= 0.3 is 0 Å². The molecule has 0 amide bonds. The summed E-state index contributed by atoms with van der Waals surface area (Å²) in [5, 5.41) is 15.6. The van der Waals surface area contributed by atoms with E-state index in [1.807, 2.05) is 22.8 Å². The molecule has 1 N–H and O–H groups in total. The second-order valence-corrected chi connectivity index (χ2v) is 6.35. The van der Waals surface area contributed by atoms with Crippen molar-refractivity contribution in [2.75, 3.05) is 7.11 Å². The lowest BCUT2D eigenvalue weighted by atomic mass is 10.2. The van der Waals surface area contributed by atoms with Crippen molar-refractivity contribution in [3.05, 3.63) is 64.6 Å². The maximum Gasteiger partial charge on any atom is 0.248 e. The Kier molecular flexibility index (Phi) is 3.48. The first kappa shape index (κ1) is 15.7. The summed E-state index contributed by atoms with van der Waals surface area (Å²) < 4.78 is 8.99. The molecule has 8 nitrogen and oxygen atoms in total. The molecule has 0 aliphatic carbocycles. The summed E-state index contributed by atoms with van der Waals surface area (Å²) >= 11 is 6.20. The molecule has 5 rings (SSSR count). The molecule has 0 fully saturated rings. The number of hydrogen-bond acceptors (Lipinski definition) is 5. The molecule has 9 heteroatoms. The van der Waals surface area contributed by atoms with Gasteiger partial charge in [0.05, 0.1) is 36.1 Å². The van der Waals surface area contributed by atoms with Crippen LogP contribution in [0, 0.1) is 11.8 Å². The van der Waals surface area contributed by atoms with Crippen LogP contribution in [0.5, 0.6) is 5.88 Å². The van der Waals surface area contributed by atoms with Crippen LogP contribution in [0.4, 0.5) is 0 Å². The lowest BCUT2D eigenvalue weighted by molar-refractivity contribution is 0.396. The van der Waals surface area contributed by atoms with Crippen molar-refractivity contribution in [2.45, 2.75) is 6.42 Å². The monoisotopic (exact) mass is 377 g/mol. The first-order chi connectivity index (χ1) is 13.2. The number of ether oxygens (including phenoxy) is 1. The Bertz CT molecular complexity index is 1220. The third-order valence-electron chi connectivity index (χ3n) is 4.37. The zero-order valence-electron chi connectivity index (χ0n) is 14.1. The van der Waals surface area contributed by atoms with Crippen molar-refractivity contribution >= 4 is 11.6 Å². The zero-order valence-corrected chi connectivity index (χ0v) is 14.9. The second kappa shape index (κ2) is 6.00. The third kappa shape index (κ3) is 2.48. The van der Waals surface area contributed by atoms with E-state index >= 15 is 0 Å². The van der Waals surface area contributed by atoms with E-state index in [1.54, 1.807) is 30.5 Å². The lowest BCUT2D eigenvalue weighted by Crippen LogP contribution is -2.03. The number of hydrogen-bond donors (Lipinski definition) is 1. The Balaban J connectivity index is 1.67. The average molecular weight is 378 g/mol. The second-order valence-electron chi connectivity index (χ2n) is 5.92. The van der Waals surface area contributed by atoms with Crippen LogP contribution in [0.3, 0.4) is 0 Å². The molecule has 1 aliphatic heterocycles. The summed E-state index contributed by atoms with van der Waals surface area (Å²) in [6.45, 7) is 0. The largest absolute Gasteiger partial charge is 0.479 e. The molecular formula is C18H12ClN7O. The van der Waals surface area contributed by atoms with Gasteiger partial charge in [0.1, 0.15) is 17.6 Å². The minimum atomic E-state index is 0.454. The van der Waals surface area contributed by atoms with Gasteiger partial charge in [0.15, 0.2) is 0 Å². The molecule has 0 spiro atoms. The average Bonchev–Trinajstić information content (AvgIpc) is 3.39. The van der Waals surface area contributed by atoms with Gasteiger partial charge < -0.3 is 4.74 Å². The Morgan fingerprint density at radius 3 is 3.07 bits per heavy atom. The molecule has 4 heterocycles. The molecule has 0 radical (unpaired) electrons. The fourth-order valence-electron chi connectivity index (χ4n) is 3.12. The van der Waals surface area contributed by atoms with Gasteiger partial charge in [-0.3, -0.25) is 9.67 Å². The van der Waals surface area contributed by atoms with Crippen LogP contribution >= 0.6 is 11.6 Å². The fraction of sp³-hybridized carbons (Fsp3) is 0.111. The number of aromatic nitrogens is 7. The SMILES string of the molecule is COc1n[nH]cc1C#Cc1ncn2c1Cc1cnnn1-c1cc(Cl)ccc1-2. The minimum Gasteiger partial charge on any atom is -0.479 e. The standard InChI is InChI=1S/C18H12ClN7O/c1-27-18-11(8-21-23-18)2-4-14-16-7-13-9-22-24-26(13)17-6-12(19)3-5-15(17)25(16)10-20-14/h3,5-6,8-10H,7H2,1H3,(H,21,23). The molecule has 27 heavy (non-hydrogen) atoms. The summed E-state index contributed by atoms with van der Waals surface area (Å²) in [7, 11) is 1.56. The van der Waals surface area contributed by atoms with Crippen molar-refractivity contribution in [1.29, 1.82) is 0 Å². The summed E-state index contributed by atoms with van der Waals surface area (Å²) in [4.78, 5) is 4.51. The van der Waals surface area contributed by atoms with Gasteiger partial charge in [-0.1, -0.05) is 22.7 Å². The number of imidazole rings is 1. The van der Waals surface area contributed by atoms with Gasteiger partial charge in [0, 0.05) is 17.6 Å². The van der Waals surface area contributed by atoms with Gasteiger partial charge in [0.25, 0.3) is 0 Å². The van der Waals surface area contributed by atoms with E-state index in [-0.39, 0.29) is 0 Å². The molecule has 1 aromatic carbocycles. The highest BCUT2D eigenvalue weighted by atomic mass is 35.5. The Morgan fingerprint density at radius 2 is 2.19 bits per heavy atom. The van der Waals surface area contributed by atoms with Gasteiger partial charge in [-0.15, -0.1) is 10.2 Å². The third-order valence-corrected chi connectivity index (χ3v) is 4.61. The highest BCUT2D eigenvalue weighted by Gasteiger charge is 2.23. The van der Waals surface area contributed by atoms with E-state index in [9.17, 15) is 0 Å². The maximum atomic E-state index is 6.20. The van der Waals surface area contributed by atoms with Crippen molar-refractivity contribution in [3.8, 4) is 29.1 Å².